The third-order valence-electron chi connectivity index (χ3n) is 2.51. The minimum absolute atomic E-state index is 0.123. The van der Waals surface area contributed by atoms with Gasteiger partial charge in [0.2, 0.25) is 5.91 Å². The molecular weight excluding hydrogens is 313 g/mol. The molecular formula is C13H14F5NO3. The molecule has 1 N–H and O–H groups in total. The number of para-hydroxylation sites is 1. The van der Waals surface area contributed by atoms with Gasteiger partial charge in [-0.3, -0.25) is 4.79 Å². The standard InChI is InChI=1S/C13H14F5NO3/c1-8(21-7-13(16,17)18)11(20)19-6-9-4-2-3-5-10(9)22-12(14)15/h2-5,8,12H,6-7H2,1H3,(H,19,20). The highest BCUT2D eigenvalue weighted by Gasteiger charge is 2.29. The third kappa shape index (κ3) is 6.70. The smallest absolute Gasteiger partial charge is 0.411 e. The summed E-state index contributed by atoms with van der Waals surface area (Å²) in [6.45, 7) is -3.59. The molecule has 0 spiro atoms. The van der Waals surface area contributed by atoms with Crippen molar-refractivity contribution in [3.05, 3.63) is 29.8 Å². The fraction of sp³-hybridized carbons (Fsp3) is 0.462. The van der Waals surface area contributed by atoms with Crippen LogP contribution in [-0.2, 0) is 16.1 Å². The zero-order chi connectivity index (χ0) is 16.8. The average molecular weight is 327 g/mol. The van der Waals surface area contributed by atoms with Crippen molar-refractivity contribution in [3.8, 4) is 5.75 Å². The predicted octanol–water partition coefficient (Wildman–Crippen LogP) is 2.87. The first kappa shape index (κ1) is 18.1. The predicted molar refractivity (Wildman–Crippen MR) is 66.4 cm³/mol. The van der Waals surface area contributed by atoms with Gasteiger partial charge in [-0.1, -0.05) is 18.2 Å². The van der Waals surface area contributed by atoms with Gasteiger partial charge in [-0.15, -0.1) is 0 Å². The molecule has 1 atom stereocenters. The van der Waals surface area contributed by atoms with E-state index in [0.29, 0.717) is 0 Å². The van der Waals surface area contributed by atoms with Gasteiger partial charge in [0.25, 0.3) is 0 Å². The molecule has 0 saturated heterocycles. The molecule has 1 amide bonds. The summed E-state index contributed by atoms with van der Waals surface area (Å²) in [5.41, 5.74) is 0.263. The lowest BCUT2D eigenvalue weighted by molar-refractivity contribution is -0.185. The van der Waals surface area contributed by atoms with Gasteiger partial charge >= 0.3 is 12.8 Å². The van der Waals surface area contributed by atoms with Crippen LogP contribution >= 0.6 is 0 Å². The zero-order valence-electron chi connectivity index (χ0n) is 11.5. The quantitative estimate of drug-likeness (QED) is 0.784. The van der Waals surface area contributed by atoms with Gasteiger partial charge in [-0.2, -0.15) is 22.0 Å². The van der Waals surface area contributed by atoms with E-state index in [4.69, 9.17) is 0 Å². The van der Waals surface area contributed by atoms with Crippen molar-refractivity contribution in [3.63, 3.8) is 0 Å². The van der Waals surface area contributed by atoms with Crippen LogP contribution in [0.5, 0.6) is 5.75 Å². The topological polar surface area (TPSA) is 47.6 Å². The second kappa shape index (κ2) is 7.92. The van der Waals surface area contributed by atoms with Crippen LogP contribution in [0.25, 0.3) is 0 Å². The zero-order valence-corrected chi connectivity index (χ0v) is 11.5. The summed E-state index contributed by atoms with van der Waals surface area (Å²) in [6.07, 6.45) is -5.86. The van der Waals surface area contributed by atoms with Crippen LogP contribution in [0, 0.1) is 0 Å². The monoisotopic (exact) mass is 327 g/mol. The second-order valence-electron chi connectivity index (χ2n) is 4.27. The van der Waals surface area contributed by atoms with E-state index in [1.807, 2.05) is 0 Å². The lowest BCUT2D eigenvalue weighted by Crippen LogP contribution is -2.36. The Kier molecular flexibility index (Phi) is 6.54. The van der Waals surface area contributed by atoms with E-state index in [-0.39, 0.29) is 17.9 Å². The number of amides is 1. The van der Waals surface area contributed by atoms with E-state index >= 15 is 0 Å². The maximum Gasteiger partial charge on any atom is 0.411 e. The summed E-state index contributed by atoms with van der Waals surface area (Å²) in [6, 6.07) is 5.75. The van der Waals surface area contributed by atoms with Crippen LogP contribution in [0.4, 0.5) is 22.0 Å². The van der Waals surface area contributed by atoms with Crippen molar-refractivity contribution >= 4 is 5.91 Å². The molecule has 22 heavy (non-hydrogen) atoms. The molecule has 1 unspecified atom stereocenters. The molecule has 4 nitrogen and oxygen atoms in total. The van der Waals surface area contributed by atoms with Gasteiger partial charge in [0.05, 0.1) is 0 Å². The molecule has 0 heterocycles. The Balaban J connectivity index is 2.53. The van der Waals surface area contributed by atoms with Crippen LogP contribution in [0.1, 0.15) is 12.5 Å². The highest BCUT2D eigenvalue weighted by molar-refractivity contribution is 5.80. The first-order chi connectivity index (χ1) is 10.2. The molecule has 0 aliphatic carbocycles. The van der Waals surface area contributed by atoms with E-state index in [9.17, 15) is 26.7 Å². The largest absolute Gasteiger partial charge is 0.434 e. The molecule has 0 bridgehead atoms. The number of nitrogens with one attached hydrogen (secondary N) is 1. The molecule has 1 aromatic rings. The third-order valence-corrected chi connectivity index (χ3v) is 2.51. The van der Waals surface area contributed by atoms with Gasteiger partial charge in [0, 0.05) is 12.1 Å². The summed E-state index contributed by atoms with van der Waals surface area (Å²) in [5.74, 6) is -0.919. The van der Waals surface area contributed by atoms with E-state index in [2.05, 4.69) is 14.8 Å². The highest BCUT2D eigenvalue weighted by atomic mass is 19.4. The van der Waals surface area contributed by atoms with E-state index in [1.54, 1.807) is 6.07 Å². The number of hydrogen-bond acceptors (Lipinski definition) is 3. The van der Waals surface area contributed by atoms with Crippen molar-refractivity contribution in [2.75, 3.05) is 6.61 Å². The van der Waals surface area contributed by atoms with E-state index in [0.717, 1.165) is 6.92 Å². The van der Waals surface area contributed by atoms with Gasteiger partial charge in [-0.25, -0.2) is 0 Å². The SMILES string of the molecule is CC(OCC(F)(F)F)C(=O)NCc1ccccc1OC(F)F. The summed E-state index contributed by atoms with van der Waals surface area (Å²) in [4.78, 5) is 11.6. The van der Waals surface area contributed by atoms with Crippen molar-refractivity contribution in [2.24, 2.45) is 0 Å². The Bertz CT molecular complexity index is 493. The van der Waals surface area contributed by atoms with E-state index < -0.39 is 31.4 Å². The number of ether oxygens (including phenoxy) is 2. The van der Waals surface area contributed by atoms with Gasteiger partial charge < -0.3 is 14.8 Å². The number of rotatable bonds is 7. The lowest BCUT2D eigenvalue weighted by Gasteiger charge is -2.16. The van der Waals surface area contributed by atoms with Crippen LogP contribution in [0.2, 0.25) is 0 Å². The molecule has 0 aliphatic rings. The van der Waals surface area contributed by atoms with Crippen LogP contribution < -0.4 is 10.1 Å². The molecule has 1 rings (SSSR count). The highest BCUT2D eigenvalue weighted by Crippen LogP contribution is 2.20. The molecule has 0 fully saturated rings. The fourth-order valence-electron chi connectivity index (χ4n) is 1.48. The Morgan fingerprint density at radius 1 is 1.27 bits per heavy atom. The normalized spacial score (nSPS) is 13.0. The molecule has 1 aromatic carbocycles. The average Bonchev–Trinajstić information content (AvgIpc) is 2.42. The maximum absolute atomic E-state index is 12.2. The summed E-state index contributed by atoms with van der Waals surface area (Å²) >= 11 is 0. The van der Waals surface area contributed by atoms with Crippen LogP contribution in [-0.4, -0.2) is 31.4 Å². The number of hydrogen-bond donors (Lipinski definition) is 1. The molecule has 0 saturated carbocycles. The first-order valence-corrected chi connectivity index (χ1v) is 6.18. The number of benzene rings is 1. The number of alkyl halides is 5. The van der Waals surface area contributed by atoms with Crippen molar-refractivity contribution in [2.45, 2.75) is 32.4 Å². The summed E-state index contributed by atoms with van der Waals surface area (Å²) in [7, 11) is 0. The van der Waals surface area contributed by atoms with Crippen molar-refractivity contribution in [1.82, 2.24) is 5.32 Å². The Morgan fingerprint density at radius 3 is 2.50 bits per heavy atom. The number of carbonyl (C=O) groups is 1. The van der Waals surface area contributed by atoms with Crippen molar-refractivity contribution in [1.29, 1.82) is 0 Å². The maximum atomic E-state index is 12.2. The Labute approximate surface area is 123 Å². The Hall–Kier alpha value is -1.90. The molecule has 124 valence electrons. The Morgan fingerprint density at radius 2 is 1.91 bits per heavy atom. The summed E-state index contributed by atoms with van der Waals surface area (Å²) < 4.78 is 68.9. The fourth-order valence-corrected chi connectivity index (χ4v) is 1.48. The lowest BCUT2D eigenvalue weighted by atomic mass is 10.2. The van der Waals surface area contributed by atoms with Crippen molar-refractivity contribution < 1.29 is 36.2 Å². The number of carbonyl (C=O) groups excluding carboxylic acids is 1. The summed E-state index contributed by atoms with van der Waals surface area (Å²) in [5, 5.41) is 2.29. The minimum Gasteiger partial charge on any atom is -0.434 e. The second-order valence-corrected chi connectivity index (χ2v) is 4.27. The molecule has 0 aromatic heterocycles. The number of halogens is 5. The molecule has 0 aliphatic heterocycles. The van der Waals surface area contributed by atoms with E-state index in [1.165, 1.54) is 18.2 Å². The van der Waals surface area contributed by atoms with Gasteiger partial charge in [-0.05, 0) is 13.0 Å². The van der Waals surface area contributed by atoms with Gasteiger partial charge in [0.15, 0.2) is 0 Å². The van der Waals surface area contributed by atoms with Gasteiger partial charge in [0.1, 0.15) is 18.5 Å². The minimum atomic E-state index is -4.54. The van der Waals surface area contributed by atoms with Crippen LogP contribution in [0.3, 0.4) is 0 Å². The molecule has 0 radical (unpaired) electrons. The first-order valence-electron chi connectivity index (χ1n) is 6.18. The molecule has 9 heteroatoms. The van der Waals surface area contributed by atoms with Crippen LogP contribution in [0.15, 0.2) is 24.3 Å².